The highest BCUT2D eigenvalue weighted by atomic mass is 35.5. The number of nitrogens with zero attached hydrogens (tertiary/aromatic N) is 6. The van der Waals surface area contributed by atoms with Crippen LogP contribution in [0.15, 0.2) is 52.1 Å². The molecular weight excluding hydrogens is 384 g/mol. The summed E-state index contributed by atoms with van der Waals surface area (Å²) in [7, 11) is 0. The molecule has 0 N–H and O–H groups in total. The largest absolute Gasteiger partial charge is 0.338 e. The molecule has 2 aromatic heterocycles. The van der Waals surface area contributed by atoms with E-state index >= 15 is 0 Å². The maximum absolute atomic E-state index is 5.91. The number of hydrogen-bond donors (Lipinski definition) is 0. The predicted molar refractivity (Wildman–Crippen MR) is 103 cm³/mol. The lowest BCUT2D eigenvalue weighted by Gasteiger charge is -2.09. The summed E-state index contributed by atoms with van der Waals surface area (Å²) in [6.45, 7) is 4.07. The van der Waals surface area contributed by atoms with Crippen LogP contribution in [-0.2, 0) is 5.75 Å². The standard InChI is InChI=1S/C18H15ClN6OS/c1-11-4-3-5-12(2)16(11)25-18(21-23-24-25)27-10-15-20-17(22-26-15)13-6-8-14(19)9-7-13/h3-9H,10H2,1-2H3. The van der Waals surface area contributed by atoms with Crippen molar-refractivity contribution in [2.75, 3.05) is 0 Å². The Morgan fingerprint density at radius 1 is 1.07 bits per heavy atom. The van der Waals surface area contributed by atoms with Gasteiger partial charge < -0.3 is 4.52 Å². The molecule has 0 amide bonds. The lowest BCUT2D eigenvalue weighted by molar-refractivity contribution is 0.391. The zero-order valence-corrected chi connectivity index (χ0v) is 16.2. The zero-order valence-electron chi connectivity index (χ0n) is 14.6. The van der Waals surface area contributed by atoms with Crippen LogP contribution in [0.5, 0.6) is 0 Å². The van der Waals surface area contributed by atoms with Crippen LogP contribution in [0.3, 0.4) is 0 Å². The number of thioether (sulfide) groups is 1. The van der Waals surface area contributed by atoms with Gasteiger partial charge in [-0.25, -0.2) is 0 Å². The Bertz CT molecular complexity index is 1060. The third-order valence-corrected chi connectivity index (χ3v) is 5.14. The van der Waals surface area contributed by atoms with Crippen LogP contribution in [0.25, 0.3) is 17.1 Å². The summed E-state index contributed by atoms with van der Waals surface area (Å²) in [5.74, 6) is 1.49. The number of hydrogen-bond acceptors (Lipinski definition) is 7. The highest BCUT2D eigenvalue weighted by Crippen LogP contribution is 2.26. The number of tetrazole rings is 1. The van der Waals surface area contributed by atoms with Gasteiger partial charge in [0.1, 0.15) is 0 Å². The predicted octanol–water partition coefficient (Wildman–Crippen LogP) is 4.27. The van der Waals surface area contributed by atoms with Gasteiger partial charge in [0.05, 0.1) is 11.4 Å². The summed E-state index contributed by atoms with van der Waals surface area (Å²) in [6.07, 6.45) is 0. The van der Waals surface area contributed by atoms with E-state index in [0.717, 1.165) is 22.4 Å². The molecule has 27 heavy (non-hydrogen) atoms. The van der Waals surface area contributed by atoms with Crippen LogP contribution in [0.2, 0.25) is 5.02 Å². The SMILES string of the molecule is Cc1cccc(C)c1-n1nnnc1SCc1nc(-c2ccc(Cl)cc2)no1. The van der Waals surface area contributed by atoms with E-state index in [9.17, 15) is 0 Å². The molecule has 2 aromatic carbocycles. The number of aryl methyl sites for hydroxylation is 2. The molecule has 0 aliphatic rings. The van der Waals surface area contributed by atoms with Crippen molar-refractivity contribution in [2.24, 2.45) is 0 Å². The van der Waals surface area contributed by atoms with Crippen LogP contribution in [0.4, 0.5) is 0 Å². The quantitative estimate of drug-likeness (QED) is 0.464. The van der Waals surface area contributed by atoms with Gasteiger partial charge in [-0.3, -0.25) is 0 Å². The summed E-state index contributed by atoms with van der Waals surface area (Å²) in [4.78, 5) is 4.43. The lowest BCUT2D eigenvalue weighted by atomic mass is 10.1. The molecule has 2 heterocycles. The first-order valence-corrected chi connectivity index (χ1v) is 9.54. The van der Waals surface area contributed by atoms with Crippen molar-refractivity contribution in [2.45, 2.75) is 24.8 Å². The van der Waals surface area contributed by atoms with Gasteiger partial charge in [0.15, 0.2) is 0 Å². The Morgan fingerprint density at radius 3 is 2.56 bits per heavy atom. The number of rotatable bonds is 5. The highest BCUT2D eigenvalue weighted by Gasteiger charge is 2.15. The highest BCUT2D eigenvalue weighted by molar-refractivity contribution is 7.98. The van der Waals surface area contributed by atoms with E-state index in [-0.39, 0.29) is 0 Å². The summed E-state index contributed by atoms with van der Waals surface area (Å²) in [6, 6.07) is 13.4. The first kappa shape index (κ1) is 17.7. The third-order valence-electron chi connectivity index (χ3n) is 3.99. The fourth-order valence-corrected chi connectivity index (χ4v) is 3.55. The number of aromatic nitrogens is 6. The fraction of sp³-hybridized carbons (Fsp3) is 0.167. The van der Waals surface area contributed by atoms with E-state index in [0.29, 0.717) is 27.6 Å². The summed E-state index contributed by atoms with van der Waals surface area (Å²) in [5.41, 5.74) is 4.04. The van der Waals surface area contributed by atoms with Gasteiger partial charge in [0, 0.05) is 10.6 Å². The van der Waals surface area contributed by atoms with Gasteiger partial charge in [-0.05, 0) is 59.7 Å². The van der Waals surface area contributed by atoms with Crippen molar-refractivity contribution in [3.8, 4) is 17.1 Å². The minimum absolute atomic E-state index is 0.464. The van der Waals surface area contributed by atoms with E-state index in [2.05, 4.69) is 25.7 Å². The maximum Gasteiger partial charge on any atom is 0.237 e. The lowest BCUT2D eigenvalue weighted by Crippen LogP contribution is -2.04. The smallest absolute Gasteiger partial charge is 0.237 e. The van der Waals surface area contributed by atoms with Gasteiger partial charge in [0.2, 0.25) is 16.9 Å². The molecule has 0 aliphatic carbocycles. The molecule has 0 spiro atoms. The molecule has 4 aromatic rings. The van der Waals surface area contributed by atoms with E-state index in [1.165, 1.54) is 11.8 Å². The average Bonchev–Trinajstić information content (AvgIpc) is 3.30. The second-order valence-corrected chi connectivity index (χ2v) is 7.30. The Morgan fingerprint density at radius 2 is 1.81 bits per heavy atom. The first-order valence-electron chi connectivity index (χ1n) is 8.18. The van der Waals surface area contributed by atoms with Crippen molar-refractivity contribution >= 4 is 23.4 Å². The maximum atomic E-state index is 5.91. The monoisotopic (exact) mass is 398 g/mol. The van der Waals surface area contributed by atoms with Crippen molar-refractivity contribution in [3.05, 3.63) is 64.5 Å². The molecule has 9 heteroatoms. The average molecular weight is 399 g/mol. The minimum atomic E-state index is 0.464. The van der Waals surface area contributed by atoms with E-state index in [1.54, 1.807) is 16.8 Å². The van der Waals surface area contributed by atoms with Crippen molar-refractivity contribution in [1.82, 2.24) is 30.3 Å². The Hall–Kier alpha value is -2.71. The van der Waals surface area contributed by atoms with Gasteiger partial charge in [-0.15, -0.1) is 5.10 Å². The number of para-hydroxylation sites is 1. The Labute approximate surface area is 164 Å². The van der Waals surface area contributed by atoms with Gasteiger partial charge in [-0.1, -0.05) is 46.7 Å². The molecule has 0 atom stereocenters. The normalized spacial score (nSPS) is 11.1. The third kappa shape index (κ3) is 3.72. The number of halogens is 1. The summed E-state index contributed by atoms with van der Waals surface area (Å²) < 4.78 is 7.09. The van der Waals surface area contributed by atoms with E-state index in [4.69, 9.17) is 16.1 Å². The van der Waals surface area contributed by atoms with Gasteiger partial charge >= 0.3 is 0 Å². The van der Waals surface area contributed by atoms with Crippen LogP contribution < -0.4 is 0 Å². The molecule has 0 saturated heterocycles. The van der Waals surface area contributed by atoms with Crippen LogP contribution in [-0.4, -0.2) is 30.3 Å². The molecule has 0 saturated carbocycles. The van der Waals surface area contributed by atoms with Crippen LogP contribution in [0.1, 0.15) is 17.0 Å². The van der Waals surface area contributed by atoms with Gasteiger partial charge in [0.25, 0.3) is 0 Å². The molecule has 0 radical (unpaired) electrons. The zero-order chi connectivity index (χ0) is 18.8. The Balaban J connectivity index is 1.52. The summed E-state index contributed by atoms with van der Waals surface area (Å²) in [5, 5.41) is 17.4. The topological polar surface area (TPSA) is 82.5 Å². The molecule has 4 rings (SSSR count). The molecule has 0 bridgehead atoms. The minimum Gasteiger partial charge on any atom is -0.338 e. The molecule has 136 valence electrons. The number of benzene rings is 2. The van der Waals surface area contributed by atoms with Crippen LogP contribution in [0, 0.1) is 13.8 Å². The summed E-state index contributed by atoms with van der Waals surface area (Å²) >= 11 is 7.35. The van der Waals surface area contributed by atoms with Crippen molar-refractivity contribution < 1.29 is 4.52 Å². The molecule has 0 aliphatic heterocycles. The second kappa shape index (κ2) is 7.50. The molecule has 7 nitrogen and oxygen atoms in total. The van der Waals surface area contributed by atoms with E-state index < -0.39 is 0 Å². The molecular formula is C18H15ClN6OS. The van der Waals surface area contributed by atoms with E-state index in [1.807, 2.05) is 44.2 Å². The molecule has 0 fully saturated rings. The fourth-order valence-electron chi connectivity index (χ4n) is 2.70. The van der Waals surface area contributed by atoms with Crippen molar-refractivity contribution in [3.63, 3.8) is 0 Å². The second-order valence-electron chi connectivity index (χ2n) is 5.92. The Kier molecular flexibility index (Phi) is 4.91. The van der Waals surface area contributed by atoms with Crippen LogP contribution >= 0.6 is 23.4 Å². The first-order chi connectivity index (χ1) is 13.1. The molecule has 0 unspecified atom stereocenters. The van der Waals surface area contributed by atoms with Crippen molar-refractivity contribution in [1.29, 1.82) is 0 Å². The van der Waals surface area contributed by atoms with Gasteiger partial charge in [-0.2, -0.15) is 9.67 Å².